The average Bonchev–Trinajstić information content (AvgIpc) is 2.95. The number of nitrogens with zero attached hydrogens (tertiary/aromatic N) is 2. The molecule has 7 nitrogen and oxygen atoms in total. The van der Waals surface area contributed by atoms with Gasteiger partial charge in [0.2, 0.25) is 11.8 Å². The maximum Gasteiger partial charge on any atom is 0.264 e. The summed E-state index contributed by atoms with van der Waals surface area (Å²) in [6.45, 7) is 1.23. The molecule has 4 rings (SSSR count). The predicted molar refractivity (Wildman–Crippen MR) is 159 cm³/mol. The van der Waals surface area contributed by atoms with Gasteiger partial charge in [-0.3, -0.25) is 13.9 Å². The lowest BCUT2D eigenvalue weighted by Crippen LogP contribution is -2.53. The summed E-state index contributed by atoms with van der Waals surface area (Å²) in [5.74, 6) is -0.799. The standard InChI is InChI=1S/C30H33Cl2N3O4S/c1-22(30(37)33-26-11-4-2-5-12-26)34(20-23-9-8-10-25(32)19-23)29(36)21-35(27-17-15-24(31)16-18-27)40(38,39)28-13-6-3-7-14-28/h3,6-10,13-19,22,26H,2,4-5,11-12,20-21H2,1H3,(H,33,37). The molecule has 0 saturated heterocycles. The monoisotopic (exact) mass is 601 g/mol. The molecule has 3 aromatic rings. The van der Waals surface area contributed by atoms with E-state index >= 15 is 0 Å². The highest BCUT2D eigenvalue weighted by molar-refractivity contribution is 7.92. The van der Waals surface area contributed by atoms with Crippen molar-refractivity contribution in [3.05, 3.63) is 94.5 Å². The Balaban J connectivity index is 1.66. The number of hydrogen-bond donors (Lipinski definition) is 1. The number of hydrogen-bond acceptors (Lipinski definition) is 4. The number of anilines is 1. The molecule has 3 aromatic carbocycles. The second-order valence-electron chi connectivity index (χ2n) is 9.97. The van der Waals surface area contributed by atoms with E-state index in [1.807, 2.05) is 6.07 Å². The van der Waals surface area contributed by atoms with Crippen LogP contribution in [0.25, 0.3) is 0 Å². The van der Waals surface area contributed by atoms with Gasteiger partial charge >= 0.3 is 0 Å². The molecular weight excluding hydrogens is 569 g/mol. The summed E-state index contributed by atoms with van der Waals surface area (Å²) in [6.07, 6.45) is 5.06. The molecule has 0 radical (unpaired) electrons. The number of rotatable bonds is 10. The number of nitrogens with one attached hydrogen (secondary N) is 1. The van der Waals surface area contributed by atoms with Crippen molar-refractivity contribution in [3.8, 4) is 0 Å². The molecule has 1 aliphatic carbocycles. The maximum absolute atomic E-state index is 14.0. The zero-order valence-corrected chi connectivity index (χ0v) is 24.6. The number of carbonyl (C=O) groups is 2. The highest BCUT2D eigenvalue weighted by Gasteiger charge is 2.33. The second kappa shape index (κ2) is 13.5. The Labute approximate surface area is 246 Å². The Kier molecular flexibility index (Phi) is 10.1. The fourth-order valence-electron chi connectivity index (χ4n) is 4.84. The molecule has 0 aliphatic heterocycles. The molecule has 1 atom stereocenters. The molecule has 1 N–H and O–H groups in total. The van der Waals surface area contributed by atoms with Crippen molar-refractivity contribution in [1.29, 1.82) is 0 Å². The quantitative estimate of drug-likeness (QED) is 0.306. The first-order valence-corrected chi connectivity index (χ1v) is 15.5. The number of sulfonamides is 1. The van der Waals surface area contributed by atoms with Gasteiger partial charge in [-0.1, -0.05) is 72.8 Å². The summed E-state index contributed by atoms with van der Waals surface area (Å²) in [5.41, 5.74) is 1.01. The molecular formula is C30H33Cl2N3O4S. The fraction of sp³-hybridized carbons (Fsp3) is 0.333. The number of halogens is 2. The lowest BCUT2D eigenvalue weighted by atomic mass is 9.95. The summed E-state index contributed by atoms with van der Waals surface area (Å²) in [5, 5.41) is 4.02. The number of benzene rings is 3. The molecule has 1 unspecified atom stereocenters. The Bertz CT molecular complexity index is 1410. The minimum absolute atomic E-state index is 0.0437. The molecule has 1 aliphatic rings. The van der Waals surface area contributed by atoms with Crippen molar-refractivity contribution < 1.29 is 18.0 Å². The molecule has 2 amide bonds. The first-order valence-electron chi connectivity index (χ1n) is 13.3. The van der Waals surface area contributed by atoms with Gasteiger partial charge < -0.3 is 10.2 Å². The Morgan fingerprint density at radius 3 is 2.23 bits per heavy atom. The summed E-state index contributed by atoms with van der Waals surface area (Å²) >= 11 is 12.3. The average molecular weight is 603 g/mol. The van der Waals surface area contributed by atoms with Gasteiger partial charge in [-0.15, -0.1) is 0 Å². The predicted octanol–water partition coefficient (Wildman–Crippen LogP) is 6.05. The zero-order chi connectivity index (χ0) is 28.7. The van der Waals surface area contributed by atoms with E-state index in [0.717, 1.165) is 42.0 Å². The maximum atomic E-state index is 14.0. The van der Waals surface area contributed by atoms with Crippen LogP contribution in [0.15, 0.2) is 83.8 Å². The van der Waals surface area contributed by atoms with E-state index in [4.69, 9.17) is 23.2 Å². The van der Waals surface area contributed by atoms with E-state index in [0.29, 0.717) is 10.0 Å². The van der Waals surface area contributed by atoms with Crippen LogP contribution in [-0.4, -0.2) is 43.8 Å². The molecule has 0 bridgehead atoms. The van der Waals surface area contributed by atoms with Crippen LogP contribution in [0, 0.1) is 0 Å². The van der Waals surface area contributed by atoms with Crippen LogP contribution < -0.4 is 9.62 Å². The SMILES string of the molecule is CC(C(=O)NC1CCCCC1)N(Cc1cccc(Cl)c1)C(=O)CN(c1ccc(Cl)cc1)S(=O)(=O)c1ccccc1. The summed E-state index contributed by atoms with van der Waals surface area (Å²) < 4.78 is 28.6. The topological polar surface area (TPSA) is 86.8 Å². The fourth-order valence-corrected chi connectivity index (χ4v) is 6.61. The van der Waals surface area contributed by atoms with Crippen LogP contribution in [0.5, 0.6) is 0 Å². The molecule has 0 spiro atoms. The van der Waals surface area contributed by atoms with Crippen molar-refractivity contribution in [2.45, 2.75) is 62.6 Å². The van der Waals surface area contributed by atoms with E-state index in [9.17, 15) is 18.0 Å². The van der Waals surface area contributed by atoms with Gasteiger partial charge in [0.1, 0.15) is 12.6 Å². The second-order valence-corrected chi connectivity index (χ2v) is 12.7. The van der Waals surface area contributed by atoms with E-state index in [-0.39, 0.29) is 29.1 Å². The van der Waals surface area contributed by atoms with Crippen molar-refractivity contribution in [2.24, 2.45) is 0 Å². The van der Waals surface area contributed by atoms with Gasteiger partial charge in [0.05, 0.1) is 10.6 Å². The summed E-state index contributed by atoms with van der Waals surface area (Å²) in [6, 6.07) is 20.4. The number of carbonyl (C=O) groups excluding carboxylic acids is 2. The van der Waals surface area contributed by atoms with E-state index in [1.54, 1.807) is 67.6 Å². The van der Waals surface area contributed by atoms with Crippen LogP contribution in [-0.2, 0) is 26.2 Å². The highest BCUT2D eigenvalue weighted by atomic mass is 35.5. The van der Waals surface area contributed by atoms with Crippen LogP contribution >= 0.6 is 23.2 Å². The van der Waals surface area contributed by atoms with E-state index < -0.39 is 28.5 Å². The molecule has 1 fully saturated rings. The number of amides is 2. The third-order valence-corrected chi connectivity index (χ3v) is 9.36. The molecule has 1 saturated carbocycles. The van der Waals surface area contributed by atoms with Gasteiger partial charge in [0.15, 0.2) is 0 Å². The van der Waals surface area contributed by atoms with Crippen molar-refractivity contribution in [2.75, 3.05) is 10.8 Å². The van der Waals surface area contributed by atoms with Crippen molar-refractivity contribution in [3.63, 3.8) is 0 Å². The normalized spacial score (nSPS) is 14.8. The third kappa shape index (κ3) is 7.56. The lowest BCUT2D eigenvalue weighted by Gasteiger charge is -2.33. The summed E-state index contributed by atoms with van der Waals surface area (Å²) in [7, 11) is -4.12. The van der Waals surface area contributed by atoms with Gasteiger partial charge in [-0.05, 0) is 73.9 Å². The van der Waals surface area contributed by atoms with Gasteiger partial charge in [0, 0.05) is 22.6 Å². The molecule has 0 aromatic heterocycles. The first kappa shape index (κ1) is 29.9. The van der Waals surface area contributed by atoms with Crippen LogP contribution in [0.1, 0.15) is 44.6 Å². The van der Waals surface area contributed by atoms with Crippen molar-refractivity contribution >= 4 is 50.7 Å². The van der Waals surface area contributed by atoms with E-state index in [2.05, 4.69) is 5.32 Å². The Morgan fingerprint density at radius 2 is 1.57 bits per heavy atom. The Morgan fingerprint density at radius 1 is 0.900 bits per heavy atom. The molecule has 212 valence electrons. The third-order valence-electron chi connectivity index (χ3n) is 7.09. The Hall–Kier alpha value is -3.07. The summed E-state index contributed by atoms with van der Waals surface area (Å²) in [4.78, 5) is 28.8. The minimum atomic E-state index is -4.12. The van der Waals surface area contributed by atoms with Gasteiger partial charge in [-0.2, -0.15) is 0 Å². The largest absolute Gasteiger partial charge is 0.352 e. The molecule has 0 heterocycles. The van der Waals surface area contributed by atoms with Gasteiger partial charge in [0.25, 0.3) is 10.0 Å². The molecule has 40 heavy (non-hydrogen) atoms. The van der Waals surface area contributed by atoms with Crippen LogP contribution in [0.4, 0.5) is 5.69 Å². The first-order chi connectivity index (χ1) is 19.1. The zero-order valence-electron chi connectivity index (χ0n) is 22.3. The minimum Gasteiger partial charge on any atom is -0.352 e. The van der Waals surface area contributed by atoms with Crippen LogP contribution in [0.3, 0.4) is 0 Å². The van der Waals surface area contributed by atoms with Crippen LogP contribution in [0.2, 0.25) is 10.0 Å². The lowest BCUT2D eigenvalue weighted by molar-refractivity contribution is -0.139. The van der Waals surface area contributed by atoms with Gasteiger partial charge in [-0.25, -0.2) is 8.42 Å². The smallest absolute Gasteiger partial charge is 0.264 e. The van der Waals surface area contributed by atoms with E-state index in [1.165, 1.54) is 17.0 Å². The van der Waals surface area contributed by atoms with Crippen molar-refractivity contribution in [1.82, 2.24) is 10.2 Å². The highest BCUT2D eigenvalue weighted by Crippen LogP contribution is 2.26. The molecule has 10 heteroatoms.